The van der Waals surface area contributed by atoms with E-state index in [-0.39, 0.29) is 30.1 Å². The van der Waals surface area contributed by atoms with Crippen LogP contribution in [0.5, 0.6) is 0 Å². The molecule has 1 unspecified atom stereocenters. The molecular weight excluding hydrogens is 361 g/mol. The fourth-order valence-corrected chi connectivity index (χ4v) is 2.33. The van der Waals surface area contributed by atoms with Crippen molar-refractivity contribution in [1.29, 1.82) is 0 Å². The van der Waals surface area contributed by atoms with Crippen molar-refractivity contribution in [2.45, 2.75) is 19.4 Å². The number of nitrogens with zero attached hydrogens (tertiary/aromatic N) is 1. The van der Waals surface area contributed by atoms with E-state index in [1.54, 1.807) is 0 Å². The molecule has 2 aromatic rings. The Morgan fingerprint density at radius 2 is 1.70 bits per heavy atom. The summed E-state index contributed by atoms with van der Waals surface area (Å²) < 4.78 is 0.946. The second-order valence-corrected chi connectivity index (χ2v) is 5.85. The predicted octanol–water partition coefficient (Wildman–Crippen LogP) is 0.364. The van der Waals surface area contributed by atoms with E-state index < -0.39 is 0 Å². The molecule has 0 radical (unpaired) electrons. The molecule has 0 aliphatic carbocycles. The second kappa shape index (κ2) is 7.38. The molecule has 0 aliphatic heterocycles. The van der Waals surface area contributed by atoms with Crippen LogP contribution >= 0.6 is 0 Å². The maximum Gasteiger partial charge on any atom is 0.0849 e. The van der Waals surface area contributed by atoms with Crippen LogP contribution in [-0.4, -0.2) is 36.8 Å². The van der Waals surface area contributed by atoms with Crippen LogP contribution in [0.15, 0.2) is 42.5 Å². The first-order valence-corrected chi connectivity index (χ1v) is 7.01. The lowest BCUT2D eigenvalue weighted by Gasteiger charge is -2.29. The van der Waals surface area contributed by atoms with Gasteiger partial charge in [0.2, 0.25) is 0 Å². The number of aliphatic hydroxyl groups is 1. The zero-order valence-corrected chi connectivity index (χ0v) is 14.7. The number of hydrogen-bond acceptors (Lipinski definition) is 1. The Labute approximate surface area is 139 Å². The fraction of sp³-hybridized carbons (Fsp3) is 0.412. The highest BCUT2D eigenvalue weighted by Gasteiger charge is 2.17. The molecule has 2 aromatic carbocycles. The highest BCUT2D eigenvalue weighted by molar-refractivity contribution is 5.85. The van der Waals surface area contributed by atoms with Gasteiger partial charge < -0.3 is 33.6 Å². The van der Waals surface area contributed by atoms with Gasteiger partial charge in [-0.2, -0.15) is 0 Å². The van der Waals surface area contributed by atoms with Crippen LogP contribution in [0.4, 0.5) is 0 Å². The lowest BCUT2D eigenvalue weighted by Crippen LogP contribution is -3.00. The zero-order valence-electron chi connectivity index (χ0n) is 12.5. The van der Waals surface area contributed by atoms with Crippen molar-refractivity contribution >= 4 is 10.8 Å². The van der Waals surface area contributed by atoms with Gasteiger partial charge in [0.05, 0.1) is 33.3 Å². The van der Waals surface area contributed by atoms with E-state index in [9.17, 15) is 5.11 Å². The van der Waals surface area contributed by atoms with Gasteiger partial charge in [0, 0.05) is 6.42 Å². The van der Waals surface area contributed by atoms with Crippen molar-refractivity contribution in [2.75, 3.05) is 27.2 Å². The number of hydrogen-bond donors (Lipinski definition) is 1. The average Bonchev–Trinajstić information content (AvgIpc) is 2.44. The Kier molecular flexibility index (Phi) is 6.43. The molecule has 2 rings (SSSR count). The molecule has 1 N–H and O–H groups in total. The Balaban J connectivity index is 0.00000200. The predicted molar refractivity (Wildman–Crippen MR) is 81.0 cm³/mol. The Morgan fingerprint density at radius 1 is 1.05 bits per heavy atom. The van der Waals surface area contributed by atoms with E-state index >= 15 is 0 Å². The molecular formula is C17H24INO. The van der Waals surface area contributed by atoms with Gasteiger partial charge in [0.1, 0.15) is 0 Å². The number of rotatable bonds is 5. The van der Waals surface area contributed by atoms with Gasteiger partial charge in [-0.25, -0.2) is 0 Å². The van der Waals surface area contributed by atoms with E-state index in [4.69, 9.17) is 0 Å². The molecule has 0 aromatic heterocycles. The summed E-state index contributed by atoms with van der Waals surface area (Å²) in [5, 5.41) is 12.8. The van der Waals surface area contributed by atoms with Crippen LogP contribution in [0.1, 0.15) is 25.0 Å². The Hall–Kier alpha value is -0.650. The zero-order chi connectivity index (χ0) is 13.9. The largest absolute Gasteiger partial charge is 1.00 e. The minimum absolute atomic E-state index is 0. The first-order valence-electron chi connectivity index (χ1n) is 7.01. The molecule has 0 saturated carbocycles. The lowest BCUT2D eigenvalue weighted by molar-refractivity contribution is -0.889. The van der Waals surface area contributed by atoms with Crippen molar-refractivity contribution in [1.82, 2.24) is 0 Å². The van der Waals surface area contributed by atoms with Gasteiger partial charge in [-0.05, 0) is 23.3 Å². The van der Waals surface area contributed by atoms with Crippen molar-refractivity contribution in [3.05, 3.63) is 48.0 Å². The normalized spacial score (nSPS) is 13.0. The van der Waals surface area contributed by atoms with Gasteiger partial charge in [-0.3, -0.25) is 0 Å². The fourth-order valence-electron chi connectivity index (χ4n) is 2.33. The third-order valence-electron chi connectivity index (χ3n) is 4.05. The minimum atomic E-state index is -0.380. The molecule has 20 heavy (non-hydrogen) atoms. The van der Waals surface area contributed by atoms with Crippen LogP contribution in [0, 0.1) is 0 Å². The van der Waals surface area contributed by atoms with E-state index in [0.717, 1.165) is 29.6 Å². The molecule has 0 aliphatic rings. The maximum absolute atomic E-state index is 10.5. The van der Waals surface area contributed by atoms with Crippen molar-refractivity contribution in [3.63, 3.8) is 0 Å². The average molecular weight is 385 g/mol. The molecule has 0 bridgehead atoms. The van der Waals surface area contributed by atoms with E-state index in [0.29, 0.717) is 0 Å². The van der Waals surface area contributed by atoms with E-state index in [1.165, 1.54) is 10.8 Å². The van der Waals surface area contributed by atoms with Gasteiger partial charge in [0.25, 0.3) is 0 Å². The summed E-state index contributed by atoms with van der Waals surface area (Å²) in [6.07, 6.45) is 0.421. The highest BCUT2D eigenvalue weighted by Crippen LogP contribution is 2.26. The molecule has 2 nitrogen and oxygen atoms in total. The van der Waals surface area contributed by atoms with Crippen LogP contribution in [0.25, 0.3) is 10.8 Å². The van der Waals surface area contributed by atoms with Crippen LogP contribution in [0.3, 0.4) is 0 Å². The number of quaternary nitrogens is 1. The highest BCUT2D eigenvalue weighted by atomic mass is 127. The molecule has 0 spiro atoms. The topological polar surface area (TPSA) is 20.2 Å². The molecule has 0 amide bonds. The molecule has 0 saturated heterocycles. The second-order valence-electron chi connectivity index (χ2n) is 5.85. The number of aliphatic hydroxyl groups excluding tert-OH is 1. The van der Waals surface area contributed by atoms with Gasteiger partial charge >= 0.3 is 0 Å². The minimum Gasteiger partial charge on any atom is -1.00 e. The SMILES string of the molecule is CC[N+](C)(C)CCC(O)c1cccc2ccccc12.[I-]. The summed E-state index contributed by atoms with van der Waals surface area (Å²) in [4.78, 5) is 0. The summed E-state index contributed by atoms with van der Waals surface area (Å²) in [6.45, 7) is 4.26. The number of benzene rings is 2. The summed E-state index contributed by atoms with van der Waals surface area (Å²) in [7, 11) is 4.41. The van der Waals surface area contributed by atoms with E-state index in [1.807, 2.05) is 24.3 Å². The number of fused-ring (bicyclic) bond motifs is 1. The summed E-state index contributed by atoms with van der Waals surface area (Å²) >= 11 is 0. The molecule has 3 heteroatoms. The van der Waals surface area contributed by atoms with Crippen molar-refractivity contribution in [3.8, 4) is 0 Å². The molecule has 1 atom stereocenters. The lowest BCUT2D eigenvalue weighted by atomic mass is 9.98. The third kappa shape index (κ3) is 4.17. The quantitative estimate of drug-likeness (QED) is 0.583. The first kappa shape index (κ1) is 17.4. The van der Waals surface area contributed by atoms with Gasteiger partial charge in [0.15, 0.2) is 0 Å². The summed E-state index contributed by atoms with van der Waals surface area (Å²) in [6, 6.07) is 14.4. The van der Waals surface area contributed by atoms with Crippen LogP contribution in [-0.2, 0) is 0 Å². The molecule has 0 fully saturated rings. The van der Waals surface area contributed by atoms with E-state index in [2.05, 4.69) is 39.2 Å². The van der Waals surface area contributed by atoms with Crippen molar-refractivity contribution < 1.29 is 33.6 Å². The van der Waals surface area contributed by atoms with Gasteiger partial charge in [-0.15, -0.1) is 0 Å². The third-order valence-corrected chi connectivity index (χ3v) is 4.05. The summed E-state index contributed by atoms with van der Waals surface area (Å²) in [5.41, 5.74) is 1.05. The molecule has 0 heterocycles. The smallest absolute Gasteiger partial charge is 0.0849 e. The van der Waals surface area contributed by atoms with Gasteiger partial charge in [-0.1, -0.05) is 42.5 Å². The Morgan fingerprint density at radius 3 is 2.40 bits per heavy atom. The number of halogens is 1. The van der Waals surface area contributed by atoms with Crippen molar-refractivity contribution in [2.24, 2.45) is 0 Å². The standard InChI is InChI=1S/C17H24NO.HI/c1-4-18(2,3)13-12-17(19)16-11-7-9-14-8-5-6-10-15(14)16;/h5-11,17,19H,4,12-13H2,1-3H3;1H/q+1;/p-1. The van der Waals surface area contributed by atoms with Crippen LogP contribution < -0.4 is 24.0 Å². The first-order chi connectivity index (χ1) is 9.03. The maximum atomic E-state index is 10.5. The molecule has 110 valence electrons. The monoisotopic (exact) mass is 385 g/mol. The van der Waals surface area contributed by atoms with Crippen LogP contribution in [0.2, 0.25) is 0 Å². The summed E-state index contributed by atoms with van der Waals surface area (Å²) in [5.74, 6) is 0. The Bertz CT molecular complexity index is 548.